The Labute approximate surface area is 132 Å². The maximum absolute atomic E-state index is 12.3. The number of para-hydroxylation sites is 1. The van der Waals surface area contributed by atoms with E-state index in [2.05, 4.69) is 5.32 Å². The largest absolute Gasteiger partial charge is 0.490 e. The van der Waals surface area contributed by atoms with Crippen molar-refractivity contribution in [2.45, 2.75) is 6.92 Å². The van der Waals surface area contributed by atoms with E-state index in [1.54, 1.807) is 30.3 Å². The zero-order chi connectivity index (χ0) is 15.5. The maximum Gasteiger partial charge on any atom is 0.291 e. The molecular weight excluding hydrogens is 302 g/mol. The molecule has 0 fully saturated rings. The van der Waals surface area contributed by atoms with Gasteiger partial charge >= 0.3 is 0 Å². The third-order valence-corrected chi connectivity index (χ3v) is 3.39. The lowest BCUT2D eigenvalue weighted by atomic mass is 10.2. The van der Waals surface area contributed by atoms with Crippen LogP contribution in [0, 0.1) is 0 Å². The lowest BCUT2D eigenvalue weighted by molar-refractivity contribution is 0.0998. The van der Waals surface area contributed by atoms with E-state index in [1.165, 1.54) is 0 Å². The molecule has 1 heterocycles. The second-order valence-electron chi connectivity index (χ2n) is 4.68. The Morgan fingerprint density at radius 1 is 1.23 bits per heavy atom. The molecule has 112 valence electrons. The fraction of sp³-hybridized carbons (Fsp3) is 0.118. The Morgan fingerprint density at radius 3 is 2.73 bits per heavy atom. The van der Waals surface area contributed by atoms with E-state index in [-0.39, 0.29) is 11.7 Å². The number of furan rings is 1. The van der Waals surface area contributed by atoms with E-state index in [0.717, 1.165) is 5.39 Å². The van der Waals surface area contributed by atoms with Crippen LogP contribution in [0.15, 0.2) is 52.9 Å². The lowest BCUT2D eigenvalue weighted by Gasteiger charge is -2.03. The van der Waals surface area contributed by atoms with Gasteiger partial charge in [0.25, 0.3) is 5.91 Å². The van der Waals surface area contributed by atoms with Gasteiger partial charge in [-0.1, -0.05) is 23.7 Å². The minimum Gasteiger partial charge on any atom is -0.490 e. The van der Waals surface area contributed by atoms with E-state index in [1.807, 2.05) is 25.1 Å². The number of ether oxygens (including phenoxy) is 1. The van der Waals surface area contributed by atoms with Gasteiger partial charge in [-0.25, -0.2) is 0 Å². The number of nitrogens with one attached hydrogen (secondary N) is 1. The van der Waals surface area contributed by atoms with Crippen LogP contribution in [0.2, 0.25) is 5.02 Å². The Morgan fingerprint density at radius 2 is 2.00 bits per heavy atom. The van der Waals surface area contributed by atoms with Crippen molar-refractivity contribution in [1.29, 1.82) is 0 Å². The molecule has 0 spiro atoms. The van der Waals surface area contributed by atoms with Crippen LogP contribution in [-0.4, -0.2) is 12.5 Å². The average Bonchev–Trinajstić information content (AvgIpc) is 2.95. The summed E-state index contributed by atoms with van der Waals surface area (Å²) in [5, 5.41) is 4.21. The van der Waals surface area contributed by atoms with Crippen molar-refractivity contribution < 1.29 is 13.9 Å². The highest BCUT2D eigenvalue weighted by Crippen LogP contribution is 2.29. The van der Waals surface area contributed by atoms with Gasteiger partial charge in [-0.3, -0.25) is 4.79 Å². The van der Waals surface area contributed by atoms with Gasteiger partial charge in [-0.05, 0) is 43.3 Å². The first-order chi connectivity index (χ1) is 10.7. The Hall–Kier alpha value is -2.46. The number of anilines is 1. The highest BCUT2D eigenvalue weighted by Gasteiger charge is 2.15. The molecule has 1 aromatic heterocycles. The molecule has 22 heavy (non-hydrogen) atoms. The van der Waals surface area contributed by atoms with Crippen LogP contribution < -0.4 is 10.1 Å². The number of carbonyl (C=O) groups is 1. The van der Waals surface area contributed by atoms with E-state index in [9.17, 15) is 4.79 Å². The van der Waals surface area contributed by atoms with Gasteiger partial charge in [0, 0.05) is 16.1 Å². The molecule has 0 unspecified atom stereocenters. The Bertz CT molecular complexity index is 808. The maximum atomic E-state index is 12.3. The molecule has 1 amide bonds. The van der Waals surface area contributed by atoms with Crippen molar-refractivity contribution in [3.05, 3.63) is 59.3 Å². The molecule has 1 N–H and O–H groups in total. The molecule has 5 heteroatoms. The molecule has 4 nitrogen and oxygen atoms in total. The second kappa shape index (κ2) is 6.12. The summed E-state index contributed by atoms with van der Waals surface area (Å²) < 4.78 is 11.1. The zero-order valence-electron chi connectivity index (χ0n) is 11.9. The zero-order valence-corrected chi connectivity index (χ0v) is 12.7. The van der Waals surface area contributed by atoms with Crippen LogP contribution in [0.1, 0.15) is 17.5 Å². The van der Waals surface area contributed by atoms with Gasteiger partial charge in [0.15, 0.2) is 17.1 Å². The number of amides is 1. The monoisotopic (exact) mass is 315 g/mol. The molecule has 0 saturated carbocycles. The molecule has 0 aliphatic carbocycles. The smallest absolute Gasteiger partial charge is 0.291 e. The predicted octanol–water partition coefficient (Wildman–Crippen LogP) is 4.74. The number of rotatable bonds is 4. The van der Waals surface area contributed by atoms with Gasteiger partial charge in [-0.15, -0.1) is 0 Å². The van der Waals surface area contributed by atoms with Crippen molar-refractivity contribution in [2.75, 3.05) is 11.9 Å². The number of carbonyl (C=O) groups excluding carboxylic acids is 1. The summed E-state index contributed by atoms with van der Waals surface area (Å²) in [5.74, 6) is 0.545. The number of fused-ring (bicyclic) bond motifs is 1. The molecule has 2 aromatic carbocycles. The summed E-state index contributed by atoms with van der Waals surface area (Å²) in [7, 11) is 0. The van der Waals surface area contributed by atoms with Gasteiger partial charge in [-0.2, -0.15) is 0 Å². The molecule has 0 aliphatic rings. The molecular formula is C17H14ClNO3. The van der Waals surface area contributed by atoms with Crippen LogP contribution in [0.25, 0.3) is 11.0 Å². The standard InChI is InChI=1S/C17H14ClNO3/c1-2-21-14-5-3-4-11-10-15(22-16(11)14)17(20)19-13-8-6-12(18)7-9-13/h3-10H,2H2,1H3,(H,19,20). The normalized spacial score (nSPS) is 10.6. The average molecular weight is 316 g/mol. The SMILES string of the molecule is CCOc1cccc2cc(C(=O)Nc3ccc(Cl)cc3)oc12. The quantitative estimate of drug-likeness (QED) is 0.756. The fourth-order valence-electron chi connectivity index (χ4n) is 2.14. The third-order valence-electron chi connectivity index (χ3n) is 3.13. The highest BCUT2D eigenvalue weighted by molar-refractivity contribution is 6.30. The highest BCUT2D eigenvalue weighted by atomic mass is 35.5. The summed E-state index contributed by atoms with van der Waals surface area (Å²) in [5.41, 5.74) is 1.23. The van der Waals surface area contributed by atoms with Crippen molar-refractivity contribution in [1.82, 2.24) is 0 Å². The van der Waals surface area contributed by atoms with E-state index in [0.29, 0.717) is 28.6 Å². The first kappa shape index (κ1) is 14.5. The molecule has 0 radical (unpaired) electrons. The van der Waals surface area contributed by atoms with Crippen LogP contribution >= 0.6 is 11.6 Å². The lowest BCUT2D eigenvalue weighted by Crippen LogP contribution is -2.10. The van der Waals surface area contributed by atoms with Crippen LogP contribution in [0.5, 0.6) is 5.75 Å². The van der Waals surface area contributed by atoms with Gasteiger partial charge in [0.2, 0.25) is 0 Å². The molecule has 0 bridgehead atoms. The molecule has 0 saturated heterocycles. The van der Waals surface area contributed by atoms with Crippen LogP contribution in [0.4, 0.5) is 5.69 Å². The summed E-state index contributed by atoms with van der Waals surface area (Å²) in [6, 6.07) is 14.1. The van der Waals surface area contributed by atoms with E-state index < -0.39 is 0 Å². The van der Waals surface area contributed by atoms with Crippen molar-refractivity contribution >= 4 is 34.2 Å². The van der Waals surface area contributed by atoms with E-state index >= 15 is 0 Å². The van der Waals surface area contributed by atoms with Gasteiger partial charge in [0.1, 0.15) is 0 Å². The molecule has 3 rings (SSSR count). The topological polar surface area (TPSA) is 51.5 Å². The molecule has 3 aromatic rings. The number of halogens is 1. The molecule has 0 atom stereocenters. The fourth-order valence-corrected chi connectivity index (χ4v) is 2.27. The first-order valence-electron chi connectivity index (χ1n) is 6.89. The second-order valence-corrected chi connectivity index (χ2v) is 5.12. The minimum absolute atomic E-state index is 0.233. The number of hydrogen-bond donors (Lipinski definition) is 1. The summed E-state index contributed by atoms with van der Waals surface area (Å²) in [4.78, 5) is 12.3. The summed E-state index contributed by atoms with van der Waals surface area (Å²) in [6.45, 7) is 2.43. The minimum atomic E-state index is -0.319. The number of hydrogen-bond acceptors (Lipinski definition) is 3. The van der Waals surface area contributed by atoms with Crippen molar-refractivity contribution in [2.24, 2.45) is 0 Å². The summed E-state index contributed by atoms with van der Waals surface area (Å²) >= 11 is 5.82. The molecule has 0 aliphatic heterocycles. The first-order valence-corrected chi connectivity index (χ1v) is 7.27. The Balaban J connectivity index is 1.87. The third kappa shape index (κ3) is 2.92. The van der Waals surface area contributed by atoms with Crippen LogP contribution in [-0.2, 0) is 0 Å². The van der Waals surface area contributed by atoms with Crippen molar-refractivity contribution in [3.8, 4) is 5.75 Å². The van der Waals surface area contributed by atoms with Crippen molar-refractivity contribution in [3.63, 3.8) is 0 Å². The van der Waals surface area contributed by atoms with E-state index in [4.69, 9.17) is 20.8 Å². The van der Waals surface area contributed by atoms with Gasteiger partial charge < -0.3 is 14.5 Å². The Kier molecular flexibility index (Phi) is 4.02. The summed E-state index contributed by atoms with van der Waals surface area (Å²) in [6.07, 6.45) is 0. The van der Waals surface area contributed by atoms with Crippen LogP contribution in [0.3, 0.4) is 0 Å². The number of benzene rings is 2. The van der Waals surface area contributed by atoms with Gasteiger partial charge in [0.05, 0.1) is 6.61 Å². The predicted molar refractivity (Wildman–Crippen MR) is 86.8 cm³/mol.